The fourth-order valence-corrected chi connectivity index (χ4v) is 3.02. The van der Waals surface area contributed by atoms with Gasteiger partial charge in [-0.2, -0.15) is 0 Å². The highest BCUT2D eigenvalue weighted by molar-refractivity contribution is 5.70. The molecular weight excluding hydrogens is 270 g/mol. The van der Waals surface area contributed by atoms with Crippen LogP contribution in [0.25, 0.3) is 0 Å². The number of nitrogens with zero attached hydrogens (tertiary/aromatic N) is 4. The molecule has 1 saturated carbocycles. The summed E-state index contributed by atoms with van der Waals surface area (Å²) in [6, 6.07) is 0.303. The summed E-state index contributed by atoms with van der Waals surface area (Å²) in [5.74, 6) is 1.36. The molecule has 1 heterocycles. The molecule has 2 atom stereocenters. The van der Waals surface area contributed by atoms with E-state index >= 15 is 0 Å². The highest BCUT2D eigenvalue weighted by atomic mass is 16.6. The Balaban J connectivity index is 2.33. The second kappa shape index (κ2) is 6.69. The van der Waals surface area contributed by atoms with Crippen molar-refractivity contribution in [3.63, 3.8) is 0 Å². The summed E-state index contributed by atoms with van der Waals surface area (Å²) in [6.07, 6.45) is 5.89. The molecule has 1 aliphatic carbocycles. The molecule has 0 aromatic carbocycles. The number of anilines is 2. The van der Waals surface area contributed by atoms with Crippen molar-refractivity contribution in [2.75, 3.05) is 23.8 Å². The monoisotopic (exact) mass is 293 g/mol. The first-order valence-electron chi connectivity index (χ1n) is 7.50. The number of aromatic nitrogens is 2. The molecule has 1 aromatic heterocycles. The van der Waals surface area contributed by atoms with E-state index in [1.165, 1.54) is 12.7 Å². The van der Waals surface area contributed by atoms with Gasteiger partial charge in [0.25, 0.3) is 0 Å². The SMILES string of the molecule is CCNc1ncnc(N(C)C2CCCC(C)C2)c1[N+](=O)[O-]. The third-order valence-electron chi connectivity index (χ3n) is 4.12. The molecule has 0 aliphatic heterocycles. The third kappa shape index (κ3) is 3.40. The van der Waals surface area contributed by atoms with Crippen molar-refractivity contribution in [2.45, 2.75) is 45.6 Å². The zero-order valence-electron chi connectivity index (χ0n) is 12.9. The number of nitro groups is 1. The van der Waals surface area contributed by atoms with Gasteiger partial charge >= 0.3 is 5.69 Å². The number of hydrogen-bond acceptors (Lipinski definition) is 6. The Hall–Kier alpha value is -1.92. The summed E-state index contributed by atoms with van der Waals surface area (Å²) >= 11 is 0. The lowest BCUT2D eigenvalue weighted by Crippen LogP contribution is -2.36. The molecular formula is C14H23N5O2. The summed E-state index contributed by atoms with van der Waals surface area (Å²) in [6.45, 7) is 4.71. The largest absolute Gasteiger partial charge is 0.364 e. The van der Waals surface area contributed by atoms with E-state index in [-0.39, 0.29) is 5.69 Å². The summed E-state index contributed by atoms with van der Waals surface area (Å²) in [7, 11) is 1.90. The molecule has 2 unspecified atom stereocenters. The van der Waals surface area contributed by atoms with E-state index in [0.717, 1.165) is 19.3 Å². The predicted molar refractivity (Wildman–Crippen MR) is 82.7 cm³/mol. The van der Waals surface area contributed by atoms with Crippen molar-refractivity contribution in [3.8, 4) is 0 Å². The van der Waals surface area contributed by atoms with E-state index in [2.05, 4.69) is 22.2 Å². The van der Waals surface area contributed by atoms with Gasteiger partial charge in [-0.15, -0.1) is 0 Å². The molecule has 1 aromatic rings. The van der Waals surface area contributed by atoms with Crippen molar-refractivity contribution in [2.24, 2.45) is 5.92 Å². The van der Waals surface area contributed by atoms with Crippen LogP contribution in [0.15, 0.2) is 6.33 Å². The Bertz CT molecular complexity index is 508. The Labute approximate surface area is 124 Å². The van der Waals surface area contributed by atoms with Crippen molar-refractivity contribution in [1.82, 2.24) is 9.97 Å². The molecule has 2 rings (SSSR count). The highest BCUT2D eigenvalue weighted by Crippen LogP contribution is 2.35. The van der Waals surface area contributed by atoms with E-state index in [1.807, 2.05) is 18.9 Å². The van der Waals surface area contributed by atoms with Gasteiger partial charge in [-0.3, -0.25) is 10.1 Å². The van der Waals surface area contributed by atoms with Gasteiger partial charge in [-0.1, -0.05) is 19.8 Å². The maximum absolute atomic E-state index is 11.4. The number of nitrogens with one attached hydrogen (secondary N) is 1. The van der Waals surface area contributed by atoms with Crippen LogP contribution in [0, 0.1) is 16.0 Å². The lowest BCUT2D eigenvalue weighted by atomic mass is 9.86. The molecule has 116 valence electrons. The van der Waals surface area contributed by atoms with Gasteiger partial charge in [0, 0.05) is 19.6 Å². The zero-order chi connectivity index (χ0) is 15.4. The molecule has 7 heteroatoms. The summed E-state index contributed by atoms with van der Waals surface area (Å²) < 4.78 is 0. The van der Waals surface area contributed by atoms with Crippen molar-refractivity contribution < 1.29 is 4.92 Å². The minimum Gasteiger partial charge on any atom is -0.364 e. The van der Waals surface area contributed by atoms with Crippen LogP contribution in [0.5, 0.6) is 0 Å². The van der Waals surface area contributed by atoms with Crippen molar-refractivity contribution >= 4 is 17.3 Å². The Morgan fingerprint density at radius 1 is 1.48 bits per heavy atom. The lowest BCUT2D eigenvalue weighted by molar-refractivity contribution is -0.383. The predicted octanol–water partition coefficient (Wildman–Crippen LogP) is 2.83. The van der Waals surface area contributed by atoms with Crippen LogP contribution in [-0.4, -0.2) is 34.5 Å². The van der Waals surface area contributed by atoms with E-state index in [4.69, 9.17) is 0 Å². The average molecular weight is 293 g/mol. The average Bonchev–Trinajstić information content (AvgIpc) is 2.46. The van der Waals surface area contributed by atoms with Gasteiger partial charge in [-0.05, 0) is 25.7 Å². The van der Waals surface area contributed by atoms with E-state index in [9.17, 15) is 10.1 Å². The molecule has 1 fully saturated rings. The molecule has 1 N–H and O–H groups in total. The summed E-state index contributed by atoms with van der Waals surface area (Å²) in [5, 5.41) is 14.4. The van der Waals surface area contributed by atoms with Gasteiger partial charge in [0.05, 0.1) is 4.92 Å². The molecule has 21 heavy (non-hydrogen) atoms. The maximum atomic E-state index is 11.4. The Morgan fingerprint density at radius 3 is 2.86 bits per heavy atom. The molecule has 0 saturated heterocycles. The van der Waals surface area contributed by atoms with Gasteiger partial charge in [0.2, 0.25) is 11.6 Å². The quantitative estimate of drug-likeness (QED) is 0.664. The standard InChI is InChI=1S/C14H23N5O2/c1-4-15-13-12(19(20)21)14(17-9-16-13)18(3)11-7-5-6-10(2)8-11/h9-11H,4-8H2,1-3H3,(H,15,16,17). The lowest BCUT2D eigenvalue weighted by Gasteiger charge is -2.34. The van der Waals surface area contributed by atoms with E-state index in [1.54, 1.807) is 0 Å². The van der Waals surface area contributed by atoms with Crippen LogP contribution >= 0.6 is 0 Å². The molecule has 0 spiro atoms. The molecule has 0 bridgehead atoms. The fourth-order valence-electron chi connectivity index (χ4n) is 3.02. The minimum atomic E-state index is -0.393. The van der Waals surface area contributed by atoms with Gasteiger partial charge in [0.1, 0.15) is 6.33 Å². The van der Waals surface area contributed by atoms with Crippen LogP contribution in [0.3, 0.4) is 0 Å². The number of hydrogen-bond donors (Lipinski definition) is 1. The Morgan fingerprint density at radius 2 is 2.24 bits per heavy atom. The number of rotatable bonds is 5. The molecule has 0 radical (unpaired) electrons. The normalized spacial score (nSPS) is 21.9. The topological polar surface area (TPSA) is 84.2 Å². The van der Waals surface area contributed by atoms with Crippen LogP contribution in [0.2, 0.25) is 0 Å². The second-order valence-electron chi connectivity index (χ2n) is 5.72. The van der Waals surface area contributed by atoms with Gasteiger partial charge in [0.15, 0.2) is 0 Å². The van der Waals surface area contributed by atoms with Crippen molar-refractivity contribution in [3.05, 3.63) is 16.4 Å². The summed E-state index contributed by atoms with van der Waals surface area (Å²) in [5.41, 5.74) is -0.0277. The smallest absolute Gasteiger partial charge is 0.353 e. The fraction of sp³-hybridized carbons (Fsp3) is 0.714. The molecule has 0 amide bonds. The second-order valence-corrected chi connectivity index (χ2v) is 5.72. The first-order chi connectivity index (χ1) is 10.0. The maximum Gasteiger partial charge on any atom is 0.353 e. The molecule has 1 aliphatic rings. The first kappa shape index (κ1) is 15.5. The summed E-state index contributed by atoms with van der Waals surface area (Å²) in [4.78, 5) is 21.2. The van der Waals surface area contributed by atoms with Crippen LogP contribution in [0.4, 0.5) is 17.3 Å². The van der Waals surface area contributed by atoms with Gasteiger partial charge in [-0.25, -0.2) is 9.97 Å². The van der Waals surface area contributed by atoms with Crippen LogP contribution < -0.4 is 10.2 Å². The molecule has 7 nitrogen and oxygen atoms in total. The van der Waals surface area contributed by atoms with E-state index in [0.29, 0.717) is 30.1 Å². The van der Waals surface area contributed by atoms with Crippen molar-refractivity contribution in [1.29, 1.82) is 0 Å². The van der Waals surface area contributed by atoms with Gasteiger partial charge < -0.3 is 10.2 Å². The van der Waals surface area contributed by atoms with E-state index < -0.39 is 4.92 Å². The van der Waals surface area contributed by atoms with Crippen LogP contribution in [0.1, 0.15) is 39.5 Å². The highest BCUT2D eigenvalue weighted by Gasteiger charge is 2.30. The third-order valence-corrected chi connectivity index (χ3v) is 4.12. The van der Waals surface area contributed by atoms with Crippen LogP contribution in [-0.2, 0) is 0 Å². The first-order valence-corrected chi connectivity index (χ1v) is 7.50. The minimum absolute atomic E-state index is 0.0277. The zero-order valence-corrected chi connectivity index (χ0v) is 12.9. The Kier molecular flexibility index (Phi) is 4.93.